The number of hydrogen-bond donors (Lipinski definition) is 1. The fraction of sp³-hybridized carbons (Fsp3) is 0.300. The number of carbonyl (C=O) groups is 2. The maximum absolute atomic E-state index is 12.0. The van der Waals surface area contributed by atoms with Gasteiger partial charge >= 0.3 is 0 Å². The molecule has 1 aromatic heterocycles. The van der Waals surface area contributed by atoms with Crippen LogP contribution in [0.4, 0.5) is 5.82 Å². The summed E-state index contributed by atoms with van der Waals surface area (Å²) >= 11 is 1.24. The number of anilines is 1. The van der Waals surface area contributed by atoms with Crippen LogP contribution in [-0.4, -0.2) is 38.5 Å². The summed E-state index contributed by atoms with van der Waals surface area (Å²) in [6.07, 6.45) is 5.14. The first-order valence-electron chi connectivity index (χ1n) is 4.65. The Morgan fingerprint density at radius 2 is 2.35 bits per heavy atom. The number of aromatic nitrogens is 1. The first-order valence-corrected chi connectivity index (χ1v) is 7.56. The van der Waals surface area contributed by atoms with Crippen LogP contribution in [0.2, 0.25) is 0 Å². The lowest BCUT2D eigenvalue weighted by Gasteiger charge is -2.10. The molecule has 1 aromatic rings. The lowest BCUT2D eigenvalue weighted by molar-refractivity contribution is -0.105. The van der Waals surface area contributed by atoms with Crippen molar-refractivity contribution < 1.29 is 13.8 Å². The molecule has 5 nitrogen and oxygen atoms in total. The lowest BCUT2D eigenvalue weighted by atomic mass is 10.2. The van der Waals surface area contributed by atoms with Gasteiger partial charge in [-0.25, -0.2) is 4.98 Å². The first kappa shape index (κ1) is 13.9. The largest absolute Gasteiger partial charge is 0.313 e. The van der Waals surface area contributed by atoms with Gasteiger partial charge in [-0.05, 0) is 18.4 Å². The van der Waals surface area contributed by atoms with Crippen molar-refractivity contribution in [1.29, 1.82) is 0 Å². The molecule has 1 amide bonds. The zero-order valence-corrected chi connectivity index (χ0v) is 11.0. The second-order valence-corrected chi connectivity index (χ2v) is 5.83. The highest BCUT2D eigenvalue weighted by Crippen LogP contribution is 2.18. The van der Waals surface area contributed by atoms with Crippen LogP contribution in [0.3, 0.4) is 0 Å². The highest BCUT2D eigenvalue weighted by molar-refractivity contribution is 8.11. The number of pyridine rings is 1. The van der Waals surface area contributed by atoms with Gasteiger partial charge < -0.3 is 5.32 Å². The summed E-state index contributed by atoms with van der Waals surface area (Å²) in [7, 11) is -1.24. The minimum atomic E-state index is -1.24. The maximum atomic E-state index is 12.0. The Morgan fingerprint density at radius 1 is 1.65 bits per heavy atom. The summed E-state index contributed by atoms with van der Waals surface area (Å²) in [6, 6.07) is 3.00. The van der Waals surface area contributed by atoms with Gasteiger partial charge in [0.25, 0.3) is 0 Å². The normalized spacial score (nSPS) is 13.8. The number of amides is 1. The second-order valence-electron chi connectivity index (χ2n) is 3.12. The standard InChI is InChI=1S/C10H12N2O3S2/c1-16-10(17(2)15)9(14)7-3-4-11-8(5-7)12-6-13/h3-6,10H,1-2H3,(H,11,12,13). The molecule has 0 saturated carbocycles. The van der Waals surface area contributed by atoms with Crippen molar-refractivity contribution in [3.63, 3.8) is 0 Å². The van der Waals surface area contributed by atoms with E-state index in [9.17, 15) is 13.8 Å². The molecule has 0 aliphatic rings. The van der Waals surface area contributed by atoms with Crippen molar-refractivity contribution >= 4 is 40.6 Å². The van der Waals surface area contributed by atoms with Gasteiger partial charge in [0.2, 0.25) is 6.41 Å². The fourth-order valence-corrected chi connectivity index (χ4v) is 3.12. The minimum absolute atomic E-state index is 0.227. The van der Waals surface area contributed by atoms with Crippen LogP contribution < -0.4 is 5.32 Å². The Balaban J connectivity index is 2.98. The Morgan fingerprint density at radius 3 is 2.88 bits per heavy atom. The van der Waals surface area contributed by atoms with Crippen LogP contribution in [0.5, 0.6) is 0 Å². The molecule has 92 valence electrons. The molecular weight excluding hydrogens is 260 g/mol. The summed E-state index contributed by atoms with van der Waals surface area (Å²) < 4.78 is 10.8. The Bertz CT molecular complexity index is 451. The van der Waals surface area contributed by atoms with Crippen molar-refractivity contribution in [3.05, 3.63) is 23.9 Å². The molecule has 1 N–H and O–H groups in total. The van der Waals surface area contributed by atoms with E-state index >= 15 is 0 Å². The molecule has 0 spiro atoms. The molecular formula is C10H12N2O3S2. The predicted octanol–water partition coefficient (Wildman–Crippen LogP) is 0.900. The third-order valence-electron chi connectivity index (χ3n) is 1.98. The summed E-state index contributed by atoms with van der Waals surface area (Å²) in [5.41, 5.74) is 0.388. The number of hydrogen-bond acceptors (Lipinski definition) is 5. The maximum Gasteiger partial charge on any atom is 0.212 e. The van der Waals surface area contributed by atoms with E-state index in [4.69, 9.17) is 0 Å². The van der Waals surface area contributed by atoms with Gasteiger partial charge in [0, 0.05) is 28.8 Å². The third-order valence-corrected chi connectivity index (χ3v) is 4.83. The predicted molar refractivity (Wildman–Crippen MR) is 69.6 cm³/mol. The van der Waals surface area contributed by atoms with Crippen LogP contribution in [0.15, 0.2) is 18.3 Å². The molecule has 2 atom stereocenters. The molecule has 2 unspecified atom stereocenters. The van der Waals surface area contributed by atoms with E-state index in [1.807, 2.05) is 0 Å². The molecule has 0 saturated heterocycles. The van der Waals surface area contributed by atoms with E-state index in [1.54, 1.807) is 6.26 Å². The molecule has 1 heterocycles. The number of ketones is 1. The average molecular weight is 272 g/mol. The number of nitrogens with zero attached hydrogens (tertiary/aromatic N) is 1. The number of Topliss-reactive ketones (excluding diaryl/α,β-unsaturated/α-hetero) is 1. The topological polar surface area (TPSA) is 76.1 Å². The van der Waals surface area contributed by atoms with Crippen LogP contribution >= 0.6 is 11.8 Å². The molecule has 0 radical (unpaired) electrons. The molecule has 0 aliphatic carbocycles. The molecule has 17 heavy (non-hydrogen) atoms. The van der Waals surface area contributed by atoms with Gasteiger partial charge in [0.05, 0.1) is 0 Å². The summed E-state index contributed by atoms with van der Waals surface area (Å²) in [5.74, 6) is 0.0715. The van der Waals surface area contributed by atoms with Gasteiger partial charge in [-0.15, -0.1) is 11.8 Å². The zero-order chi connectivity index (χ0) is 12.8. The first-order chi connectivity index (χ1) is 8.10. The van der Waals surface area contributed by atoms with Crippen molar-refractivity contribution in [3.8, 4) is 0 Å². The van der Waals surface area contributed by atoms with E-state index in [0.29, 0.717) is 17.8 Å². The number of nitrogens with one attached hydrogen (secondary N) is 1. The Hall–Kier alpha value is -1.21. The monoisotopic (exact) mass is 272 g/mol. The number of carbonyl (C=O) groups excluding carboxylic acids is 2. The fourth-order valence-electron chi connectivity index (χ4n) is 1.25. The van der Waals surface area contributed by atoms with Gasteiger partial charge in [-0.1, -0.05) is 0 Å². The van der Waals surface area contributed by atoms with Gasteiger partial charge in [0.15, 0.2) is 5.78 Å². The molecule has 0 aliphatic heterocycles. The number of thioether (sulfide) groups is 1. The summed E-state index contributed by atoms with van der Waals surface area (Å²) in [5, 5.41) is 2.36. The minimum Gasteiger partial charge on any atom is -0.313 e. The SMILES string of the molecule is CSC(C(=O)c1ccnc(NC=O)c1)S(C)=O. The third kappa shape index (κ3) is 3.64. The van der Waals surface area contributed by atoms with Gasteiger partial charge in [0.1, 0.15) is 10.4 Å². The van der Waals surface area contributed by atoms with E-state index in [1.165, 1.54) is 36.3 Å². The molecule has 7 heteroatoms. The summed E-state index contributed by atoms with van der Waals surface area (Å²) in [6.45, 7) is 0. The molecule has 0 bridgehead atoms. The highest BCUT2D eigenvalue weighted by atomic mass is 32.2. The smallest absolute Gasteiger partial charge is 0.212 e. The van der Waals surface area contributed by atoms with E-state index < -0.39 is 15.4 Å². The van der Waals surface area contributed by atoms with Crippen molar-refractivity contribution in [2.75, 3.05) is 17.8 Å². The quantitative estimate of drug-likeness (QED) is 0.615. The van der Waals surface area contributed by atoms with Crippen LogP contribution in [-0.2, 0) is 15.6 Å². The van der Waals surface area contributed by atoms with Crippen LogP contribution in [0.25, 0.3) is 0 Å². The average Bonchev–Trinajstić information content (AvgIpc) is 2.30. The van der Waals surface area contributed by atoms with Crippen LogP contribution in [0, 0.1) is 0 Å². The highest BCUT2D eigenvalue weighted by Gasteiger charge is 2.22. The van der Waals surface area contributed by atoms with Gasteiger partial charge in [-0.2, -0.15) is 0 Å². The van der Waals surface area contributed by atoms with E-state index in [0.717, 1.165) is 0 Å². The van der Waals surface area contributed by atoms with Crippen molar-refractivity contribution in [1.82, 2.24) is 4.98 Å². The number of rotatable bonds is 6. The lowest BCUT2D eigenvalue weighted by Crippen LogP contribution is -2.21. The van der Waals surface area contributed by atoms with E-state index in [-0.39, 0.29) is 5.78 Å². The molecule has 0 aromatic carbocycles. The van der Waals surface area contributed by atoms with Crippen molar-refractivity contribution in [2.24, 2.45) is 0 Å². The molecule has 1 rings (SSSR count). The molecule has 0 fully saturated rings. The van der Waals surface area contributed by atoms with Crippen LogP contribution in [0.1, 0.15) is 10.4 Å². The van der Waals surface area contributed by atoms with Gasteiger partial charge in [-0.3, -0.25) is 13.8 Å². The van der Waals surface area contributed by atoms with Crippen molar-refractivity contribution in [2.45, 2.75) is 4.58 Å². The Labute approximate surface area is 106 Å². The van der Waals surface area contributed by atoms with E-state index in [2.05, 4.69) is 10.3 Å². The summed E-state index contributed by atoms with van der Waals surface area (Å²) in [4.78, 5) is 26.1. The Kier molecular flexibility index (Phi) is 5.30. The zero-order valence-electron chi connectivity index (χ0n) is 9.38. The second kappa shape index (κ2) is 6.51.